The molecule has 0 aromatic rings. The van der Waals surface area contributed by atoms with E-state index in [2.05, 4.69) is 4.72 Å². The molecular weight excluding hydrogens is 192 g/mol. The fraction of sp³-hybridized carbons (Fsp3) is 1.00. The molecule has 0 spiro atoms. The van der Waals surface area contributed by atoms with E-state index in [1.54, 1.807) is 0 Å². The van der Waals surface area contributed by atoms with Crippen LogP contribution in [0.15, 0.2) is 0 Å². The maximum atomic E-state index is 10.6. The maximum Gasteiger partial charge on any atom is 0.274 e. The van der Waals surface area contributed by atoms with Crippen molar-refractivity contribution in [2.45, 2.75) is 31.8 Å². The average molecular weight is 208 g/mol. The number of nitrogens with two attached hydrogens (primary N) is 1. The number of rotatable bonds is 3. The molecule has 0 aromatic heterocycles. The Labute approximate surface area is 78.5 Å². The van der Waals surface area contributed by atoms with Crippen LogP contribution in [0.5, 0.6) is 0 Å². The number of aliphatic hydroxyl groups is 1. The quantitative estimate of drug-likeness (QED) is 0.574. The third kappa shape index (κ3) is 4.04. The van der Waals surface area contributed by atoms with E-state index in [1.165, 1.54) is 0 Å². The van der Waals surface area contributed by atoms with Crippen LogP contribution in [-0.2, 0) is 10.2 Å². The summed E-state index contributed by atoms with van der Waals surface area (Å²) >= 11 is 0. The van der Waals surface area contributed by atoms with Gasteiger partial charge in [-0.25, -0.2) is 9.86 Å². The van der Waals surface area contributed by atoms with Crippen LogP contribution < -0.4 is 9.86 Å². The Balaban J connectivity index is 2.35. The Bertz CT molecular complexity index is 252. The van der Waals surface area contributed by atoms with Gasteiger partial charge in [-0.05, 0) is 18.8 Å². The zero-order chi connectivity index (χ0) is 9.90. The van der Waals surface area contributed by atoms with Gasteiger partial charge in [0.2, 0.25) is 0 Å². The normalized spacial score (nSPS) is 30.3. The highest BCUT2D eigenvalue weighted by molar-refractivity contribution is 7.87. The second-order valence-corrected chi connectivity index (χ2v) is 4.88. The topological polar surface area (TPSA) is 92.4 Å². The van der Waals surface area contributed by atoms with Crippen molar-refractivity contribution in [2.24, 2.45) is 11.1 Å². The van der Waals surface area contributed by atoms with Crippen molar-refractivity contribution >= 4 is 10.2 Å². The number of hydrogen-bond acceptors (Lipinski definition) is 3. The Morgan fingerprint density at radius 2 is 2.00 bits per heavy atom. The lowest BCUT2D eigenvalue weighted by atomic mass is 9.87. The van der Waals surface area contributed by atoms with E-state index >= 15 is 0 Å². The molecule has 2 atom stereocenters. The van der Waals surface area contributed by atoms with Crippen molar-refractivity contribution in [3.63, 3.8) is 0 Å². The molecular formula is C7H16N2O3S. The van der Waals surface area contributed by atoms with Crippen molar-refractivity contribution in [1.82, 2.24) is 4.72 Å². The fourth-order valence-corrected chi connectivity index (χ4v) is 2.10. The van der Waals surface area contributed by atoms with Crippen LogP contribution in [-0.4, -0.2) is 26.2 Å². The van der Waals surface area contributed by atoms with Gasteiger partial charge in [0.15, 0.2) is 0 Å². The molecule has 1 aliphatic rings. The highest BCUT2D eigenvalue weighted by atomic mass is 32.2. The van der Waals surface area contributed by atoms with Gasteiger partial charge in [-0.1, -0.05) is 12.8 Å². The summed E-state index contributed by atoms with van der Waals surface area (Å²) in [5.74, 6) is 0.0204. The largest absolute Gasteiger partial charge is 0.393 e. The summed E-state index contributed by atoms with van der Waals surface area (Å²) in [6, 6.07) is 0. The summed E-state index contributed by atoms with van der Waals surface area (Å²) in [4.78, 5) is 0. The molecule has 2 unspecified atom stereocenters. The third-order valence-electron chi connectivity index (χ3n) is 2.42. The summed E-state index contributed by atoms with van der Waals surface area (Å²) in [6.07, 6.45) is 3.31. The Morgan fingerprint density at radius 3 is 2.54 bits per heavy atom. The lowest BCUT2D eigenvalue weighted by Crippen LogP contribution is -2.39. The molecule has 0 bridgehead atoms. The molecule has 1 saturated carbocycles. The van der Waals surface area contributed by atoms with Crippen molar-refractivity contribution in [2.75, 3.05) is 6.54 Å². The first-order valence-corrected chi connectivity index (χ1v) is 5.99. The highest BCUT2D eigenvalue weighted by Crippen LogP contribution is 2.23. The van der Waals surface area contributed by atoms with Crippen molar-refractivity contribution in [3.05, 3.63) is 0 Å². The van der Waals surface area contributed by atoms with Gasteiger partial charge >= 0.3 is 0 Å². The molecule has 1 aliphatic carbocycles. The molecule has 0 aliphatic heterocycles. The van der Waals surface area contributed by atoms with Crippen LogP contribution >= 0.6 is 0 Å². The smallest absolute Gasteiger partial charge is 0.274 e. The van der Waals surface area contributed by atoms with Crippen molar-refractivity contribution in [3.8, 4) is 0 Å². The second-order valence-electron chi connectivity index (χ2n) is 3.51. The van der Waals surface area contributed by atoms with Crippen LogP contribution in [0.4, 0.5) is 0 Å². The molecule has 0 heterocycles. The van der Waals surface area contributed by atoms with E-state index in [-0.39, 0.29) is 18.6 Å². The molecule has 13 heavy (non-hydrogen) atoms. The number of aliphatic hydroxyl groups excluding tert-OH is 1. The van der Waals surface area contributed by atoms with Crippen LogP contribution in [0, 0.1) is 5.92 Å². The Hall–Kier alpha value is -0.170. The summed E-state index contributed by atoms with van der Waals surface area (Å²) in [5.41, 5.74) is 0. The minimum absolute atomic E-state index is 0.0204. The van der Waals surface area contributed by atoms with Gasteiger partial charge in [0, 0.05) is 6.54 Å². The van der Waals surface area contributed by atoms with Crippen LogP contribution in [0.2, 0.25) is 0 Å². The standard InChI is InChI=1S/C7H16N2O3S/c8-13(11,12)9-5-6-3-1-2-4-7(6)10/h6-7,9-10H,1-5H2,(H2,8,11,12). The van der Waals surface area contributed by atoms with Gasteiger partial charge in [-0.15, -0.1) is 0 Å². The van der Waals surface area contributed by atoms with Crippen LogP contribution in [0.1, 0.15) is 25.7 Å². The predicted molar refractivity (Wildman–Crippen MR) is 49.1 cm³/mol. The van der Waals surface area contributed by atoms with Gasteiger partial charge in [-0.3, -0.25) is 0 Å². The second kappa shape index (κ2) is 4.36. The van der Waals surface area contributed by atoms with E-state index < -0.39 is 10.2 Å². The minimum Gasteiger partial charge on any atom is -0.393 e. The van der Waals surface area contributed by atoms with Crippen LogP contribution in [0.3, 0.4) is 0 Å². The van der Waals surface area contributed by atoms with Gasteiger partial charge in [-0.2, -0.15) is 8.42 Å². The molecule has 1 rings (SSSR count). The molecule has 6 heteroatoms. The Morgan fingerprint density at radius 1 is 1.38 bits per heavy atom. The highest BCUT2D eigenvalue weighted by Gasteiger charge is 2.23. The molecule has 4 N–H and O–H groups in total. The van der Waals surface area contributed by atoms with Gasteiger partial charge in [0.05, 0.1) is 6.10 Å². The zero-order valence-corrected chi connectivity index (χ0v) is 8.26. The first-order chi connectivity index (χ1) is 5.99. The van der Waals surface area contributed by atoms with E-state index in [0.717, 1.165) is 25.7 Å². The van der Waals surface area contributed by atoms with Gasteiger partial charge < -0.3 is 5.11 Å². The molecule has 78 valence electrons. The zero-order valence-electron chi connectivity index (χ0n) is 7.44. The molecule has 5 nitrogen and oxygen atoms in total. The Kier molecular flexibility index (Phi) is 3.66. The summed E-state index contributed by atoms with van der Waals surface area (Å²) < 4.78 is 23.3. The molecule has 0 radical (unpaired) electrons. The van der Waals surface area contributed by atoms with Crippen molar-refractivity contribution in [1.29, 1.82) is 0 Å². The van der Waals surface area contributed by atoms with Crippen molar-refractivity contribution < 1.29 is 13.5 Å². The van der Waals surface area contributed by atoms with E-state index in [4.69, 9.17) is 5.14 Å². The summed E-state index contributed by atoms with van der Waals surface area (Å²) in [7, 11) is -3.61. The van der Waals surface area contributed by atoms with Gasteiger partial charge in [0.1, 0.15) is 0 Å². The number of nitrogens with one attached hydrogen (secondary N) is 1. The van der Waals surface area contributed by atoms with Crippen LogP contribution in [0.25, 0.3) is 0 Å². The number of hydrogen-bond donors (Lipinski definition) is 3. The molecule has 0 amide bonds. The maximum absolute atomic E-state index is 10.6. The SMILES string of the molecule is NS(=O)(=O)NCC1CCCCC1O. The fourth-order valence-electron chi connectivity index (χ4n) is 1.65. The monoisotopic (exact) mass is 208 g/mol. The molecule has 1 fully saturated rings. The lowest BCUT2D eigenvalue weighted by Gasteiger charge is -2.27. The first kappa shape index (κ1) is 10.9. The summed E-state index contributed by atoms with van der Waals surface area (Å²) in [6.45, 7) is 0.250. The van der Waals surface area contributed by atoms with E-state index in [0.29, 0.717) is 0 Å². The molecule has 0 saturated heterocycles. The van der Waals surface area contributed by atoms with Gasteiger partial charge in [0.25, 0.3) is 10.2 Å². The lowest BCUT2D eigenvalue weighted by molar-refractivity contribution is 0.0724. The average Bonchev–Trinajstić information content (AvgIpc) is 2.01. The molecule has 0 aromatic carbocycles. The van der Waals surface area contributed by atoms with E-state index in [1.807, 2.05) is 0 Å². The summed E-state index contributed by atoms with van der Waals surface area (Å²) in [5, 5.41) is 14.3. The minimum atomic E-state index is -3.61. The van der Waals surface area contributed by atoms with E-state index in [9.17, 15) is 13.5 Å². The predicted octanol–water partition coefficient (Wildman–Crippen LogP) is -0.669. The first-order valence-electron chi connectivity index (χ1n) is 4.44. The third-order valence-corrected chi connectivity index (χ3v) is 2.98.